The molecule has 0 saturated carbocycles. The lowest BCUT2D eigenvalue weighted by Crippen LogP contribution is -2.14. The normalized spacial score (nSPS) is 7.72. The van der Waals surface area contributed by atoms with Gasteiger partial charge >= 0.3 is 11.9 Å². The molecule has 0 saturated heterocycles. The van der Waals surface area contributed by atoms with E-state index in [9.17, 15) is 9.59 Å². The van der Waals surface area contributed by atoms with Gasteiger partial charge in [-0.25, -0.2) is 9.59 Å². The summed E-state index contributed by atoms with van der Waals surface area (Å²) in [4.78, 5) is 21.4. The summed E-state index contributed by atoms with van der Waals surface area (Å²) in [5.74, 6) is -0.934. The highest BCUT2D eigenvalue weighted by atomic mass is 16.6. The van der Waals surface area contributed by atoms with Crippen LogP contribution in [0.25, 0.3) is 0 Å². The molecule has 0 aromatic carbocycles. The highest BCUT2D eigenvalue weighted by Gasteiger charge is 1.96. The Bertz CT molecular complexity index is 332. The van der Waals surface area contributed by atoms with Crippen LogP contribution in [-0.2, 0) is 33.3 Å². The minimum absolute atomic E-state index is 0.192. The molecule has 0 aliphatic carbocycles. The average Bonchev–Trinajstić information content (AvgIpc) is 2.81. The van der Waals surface area contributed by atoms with Crippen molar-refractivity contribution in [2.75, 3.05) is 52.9 Å². The number of hydrogen-bond donors (Lipinski definition) is 0. The molecule has 0 heterocycles. The maximum absolute atomic E-state index is 10.7. The predicted octanol–water partition coefficient (Wildman–Crippen LogP) is 3.70. The fourth-order valence-corrected chi connectivity index (χ4v) is 1.06. The third kappa shape index (κ3) is 45.9. The molecule has 29 heavy (non-hydrogen) atoms. The minimum atomic E-state index is -0.467. The number of carbonyl (C=O) groups is 2. The van der Waals surface area contributed by atoms with Crippen LogP contribution in [0.4, 0.5) is 0 Å². The maximum atomic E-state index is 10.7. The van der Waals surface area contributed by atoms with Crippen LogP contribution in [0, 0.1) is 0 Å². The Hall–Kier alpha value is -2.74. The topological polar surface area (TPSA) is 80.3 Å². The summed E-state index contributed by atoms with van der Waals surface area (Å²) in [5.41, 5.74) is 0. The first-order valence-corrected chi connectivity index (χ1v) is 8.52. The van der Waals surface area contributed by atoms with Crippen molar-refractivity contribution in [2.45, 2.75) is 0 Å². The molecule has 0 N–H and O–H groups in total. The van der Waals surface area contributed by atoms with Crippen molar-refractivity contribution in [3.8, 4) is 0 Å². The van der Waals surface area contributed by atoms with Gasteiger partial charge in [0, 0.05) is 12.2 Å². The molecule has 0 aliphatic rings. The average molecular weight is 415 g/mol. The molecule has 0 aromatic heterocycles. The first-order valence-electron chi connectivity index (χ1n) is 8.52. The number of ether oxygens (including phenoxy) is 5. The van der Waals surface area contributed by atoms with Crippen LogP contribution in [0.5, 0.6) is 0 Å². The van der Waals surface area contributed by atoms with Crippen molar-refractivity contribution < 1.29 is 33.3 Å². The zero-order valence-corrected chi connectivity index (χ0v) is 17.7. The van der Waals surface area contributed by atoms with Crippen LogP contribution in [0.2, 0.25) is 0 Å². The van der Waals surface area contributed by atoms with E-state index in [1.165, 1.54) is 0 Å². The van der Waals surface area contributed by atoms with Gasteiger partial charge in [0.05, 0.1) is 39.6 Å². The third-order valence-electron chi connectivity index (χ3n) is 2.02. The van der Waals surface area contributed by atoms with E-state index in [0.717, 1.165) is 12.2 Å². The Kier molecular flexibility index (Phi) is 57.0. The maximum Gasteiger partial charge on any atom is 0.330 e. The van der Waals surface area contributed by atoms with E-state index in [4.69, 9.17) is 23.7 Å². The largest absolute Gasteiger partial charge is 0.460 e. The predicted molar refractivity (Wildman–Crippen MR) is 120 cm³/mol. The minimum Gasteiger partial charge on any atom is -0.460 e. The van der Waals surface area contributed by atoms with Gasteiger partial charge in [-0.15, -0.1) is 52.6 Å². The van der Waals surface area contributed by atoms with Gasteiger partial charge in [-0.1, -0.05) is 13.2 Å². The lowest BCUT2D eigenvalue weighted by Gasteiger charge is -2.07. The zero-order valence-electron chi connectivity index (χ0n) is 17.7. The van der Waals surface area contributed by atoms with Gasteiger partial charge in [-0.05, 0) is 0 Å². The van der Waals surface area contributed by atoms with Gasteiger partial charge in [0.2, 0.25) is 0 Å². The first kappa shape index (κ1) is 37.1. The molecule has 0 atom stereocenters. The number of hydrogen-bond acceptors (Lipinski definition) is 7. The van der Waals surface area contributed by atoms with Gasteiger partial charge in [0.15, 0.2) is 0 Å². The molecule has 7 heteroatoms. The fourth-order valence-electron chi connectivity index (χ4n) is 1.06. The lowest BCUT2D eigenvalue weighted by molar-refractivity contribution is -0.140. The van der Waals surface area contributed by atoms with Crippen molar-refractivity contribution in [3.63, 3.8) is 0 Å². The van der Waals surface area contributed by atoms with Crippen LogP contribution in [0.15, 0.2) is 77.9 Å². The van der Waals surface area contributed by atoms with Gasteiger partial charge < -0.3 is 23.7 Å². The number of rotatable bonds is 14. The highest BCUT2D eigenvalue weighted by molar-refractivity contribution is 5.81. The molecular weight excluding hydrogens is 376 g/mol. The first-order chi connectivity index (χ1) is 14.2. The Morgan fingerprint density at radius 3 is 0.897 bits per heavy atom. The van der Waals surface area contributed by atoms with Crippen LogP contribution in [-0.4, -0.2) is 64.8 Å². The molecule has 0 bridgehead atoms. The summed E-state index contributed by atoms with van der Waals surface area (Å²) >= 11 is 0. The van der Waals surface area contributed by atoms with Crippen molar-refractivity contribution in [1.29, 1.82) is 0 Å². The van der Waals surface area contributed by atoms with Crippen molar-refractivity contribution in [2.24, 2.45) is 0 Å². The molecule has 0 aromatic rings. The van der Waals surface area contributed by atoms with Crippen molar-refractivity contribution >= 4 is 11.9 Å². The molecule has 0 unspecified atom stereocenters. The van der Waals surface area contributed by atoms with Crippen LogP contribution in [0.3, 0.4) is 0 Å². The second-order valence-corrected chi connectivity index (χ2v) is 3.58. The Morgan fingerprint density at radius 2 is 0.690 bits per heavy atom. The smallest absolute Gasteiger partial charge is 0.330 e. The summed E-state index contributed by atoms with van der Waals surface area (Å²) in [6.45, 7) is 33.2. The van der Waals surface area contributed by atoms with E-state index >= 15 is 0 Å². The second kappa shape index (κ2) is 44.6. The van der Waals surface area contributed by atoms with E-state index in [1.807, 2.05) is 0 Å². The van der Waals surface area contributed by atoms with Gasteiger partial charge in [0.25, 0.3) is 0 Å². The number of esters is 2. The molecule has 0 amide bonds. The van der Waals surface area contributed by atoms with Crippen molar-refractivity contribution in [3.05, 3.63) is 77.9 Å². The van der Waals surface area contributed by atoms with E-state index in [1.54, 1.807) is 0 Å². The summed E-state index contributed by atoms with van der Waals surface area (Å²) in [7, 11) is 0. The Balaban J connectivity index is -0.000000212. The Labute approximate surface area is 176 Å². The Morgan fingerprint density at radius 1 is 0.483 bits per heavy atom. The SMILES string of the molecule is C=C.C=C.C=C.C=C.C=CC(=O)OCCOCCOCCOCCOC(=O)C=C. The van der Waals surface area contributed by atoms with Crippen LogP contribution in [0.1, 0.15) is 0 Å². The second-order valence-electron chi connectivity index (χ2n) is 3.58. The quantitative estimate of drug-likeness (QED) is 0.185. The fraction of sp³-hybridized carbons (Fsp3) is 0.364. The summed E-state index contributed by atoms with van der Waals surface area (Å²) in [6.07, 6.45) is 2.20. The molecule has 0 radical (unpaired) electrons. The molecule has 0 spiro atoms. The van der Waals surface area contributed by atoms with E-state index in [2.05, 4.69) is 65.8 Å². The van der Waals surface area contributed by atoms with Crippen LogP contribution < -0.4 is 0 Å². The third-order valence-corrected chi connectivity index (χ3v) is 2.02. The van der Waals surface area contributed by atoms with Gasteiger partial charge in [0.1, 0.15) is 13.2 Å². The van der Waals surface area contributed by atoms with Crippen molar-refractivity contribution in [1.82, 2.24) is 0 Å². The lowest BCUT2D eigenvalue weighted by atomic mass is 10.6. The summed E-state index contributed by atoms with van der Waals surface area (Å²) < 4.78 is 25.0. The molecule has 7 nitrogen and oxygen atoms in total. The molecule has 168 valence electrons. The molecular formula is C22H38O7. The van der Waals surface area contributed by atoms with Crippen LogP contribution >= 0.6 is 0 Å². The number of carbonyl (C=O) groups excluding carboxylic acids is 2. The highest BCUT2D eigenvalue weighted by Crippen LogP contribution is 1.85. The van der Waals surface area contributed by atoms with Gasteiger partial charge in [-0.3, -0.25) is 0 Å². The van der Waals surface area contributed by atoms with Gasteiger partial charge in [-0.2, -0.15) is 0 Å². The monoisotopic (exact) mass is 414 g/mol. The van der Waals surface area contributed by atoms with E-state index in [0.29, 0.717) is 39.6 Å². The molecule has 0 aliphatic heterocycles. The van der Waals surface area contributed by atoms with E-state index in [-0.39, 0.29) is 13.2 Å². The summed E-state index contributed by atoms with van der Waals surface area (Å²) in [6, 6.07) is 0. The van der Waals surface area contributed by atoms with E-state index < -0.39 is 11.9 Å². The molecule has 0 fully saturated rings. The zero-order chi connectivity index (χ0) is 23.8. The summed E-state index contributed by atoms with van der Waals surface area (Å²) in [5, 5.41) is 0. The standard InChI is InChI=1S/C14H22O7.4C2H4/c1-3-13(15)20-11-9-18-7-5-17-6-8-19-10-12-21-14(16)4-2;4*1-2/h3-4H,1-2,5-12H2;4*1-2H2. The molecule has 0 rings (SSSR count).